The first-order valence-corrected chi connectivity index (χ1v) is 8.80. The summed E-state index contributed by atoms with van der Waals surface area (Å²) >= 11 is 7.29. The Morgan fingerprint density at radius 2 is 2.22 bits per heavy atom. The summed E-state index contributed by atoms with van der Waals surface area (Å²) in [4.78, 5) is 31.6. The van der Waals surface area contributed by atoms with Gasteiger partial charge in [-0.15, -0.1) is 11.3 Å². The first kappa shape index (κ1) is 16.1. The molecule has 1 fully saturated rings. The van der Waals surface area contributed by atoms with Crippen LogP contribution in [0.15, 0.2) is 29.9 Å². The molecule has 1 saturated heterocycles. The number of nitrogens with zero attached hydrogens (tertiary/aromatic N) is 2. The van der Waals surface area contributed by atoms with Crippen molar-refractivity contribution in [2.75, 3.05) is 13.1 Å². The molecule has 23 heavy (non-hydrogen) atoms. The summed E-state index contributed by atoms with van der Waals surface area (Å²) in [5, 5.41) is 0.629. The minimum Gasteiger partial charge on any atom is -0.337 e. The summed E-state index contributed by atoms with van der Waals surface area (Å²) in [7, 11) is 0. The maximum absolute atomic E-state index is 12.8. The van der Waals surface area contributed by atoms with Crippen molar-refractivity contribution in [3.63, 3.8) is 0 Å². The maximum atomic E-state index is 12.8. The van der Waals surface area contributed by atoms with Gasteiger partial charge in [-0.3, -0.25) is 14.6 Å². The fourth-order valence-electron chi connectivity index (χ4n) is 2.98. The highest BCUT2D eigenvalue weighted by Crippen LogP contribution is 2.25. The molecule has 6 heteroatoms. The number of aromatic nitrogens is 1. The zero-order valence-corrected chi connectivity index (χ0v) is 14.4. The van der Waals surface area contributed by atoms with Gasteiger partial charge in [-0.2, -0.15) is 0 Å². The Bertz CT molecular complexity index is 730. The molecule has 0 spiro atoms. The number of piperidine rings is 1. The lowest BCUT2D eigenvalue weighted by atomic mass is 9.88. The highest BCUT2D eigenvalue weighted by Gasteiger charge is 2.30. The highest BCUT2D eigenvalue weighted by molar-refractivity contribution is 7.11. The predicted octanol–water partition coefficient (Wildman–Crippen LogP) is 3.84. The van der Waals surface area contributed by atoms with Gasteiger partial charge in [0.15, 0.2) is 5.78 Å². The largest absolute Gasteiger partial charge is 0.337 e. The monoisotopic (exact) mass is 348 g/mol. The number of rotatable bonds is 3. The van der Waals surface area contributed by atoms with E-state index in [1.54, 1.807) is 34.8 Å². The van der Waals surface area contributed by atoms with Crippen molar-refractivity contribution in [3.05, 3.63) is 50.9 Å². The zero-order chi connectivity index (χ0) is 16.4. The van der Waals surface area contributed by atoms with Crippen molar-refractivity contribution in [1.82, 2.24) is 9.88 Å². The Balaban J connectivity index is 1.75. The van der Waals surface area contributed by atoms with Crippen LogP contribution in [0.4, 0.5) is 0 Å². The smallest absolute Gasteiger partial charge is 0.265 e. The van der Waals surface area contributed by atoms with E-state index in [1.165, 1.54) is 11.3 Å². The van der Waals surface area contributed by atoms with Crippen LogP contribution in [0.25, 0.3) is 0 Å². The number of ketones is 1. The third-order valence-corrected chi connectivity index (χ3v) is 5.17. The Morgan fingerprint density at radius 1 is 1.39 bits per heavy atom. The summed E-state index contributed by atoms with van der Waals surface area (Å²) in [5.41, 5.74) is 3.23. The average molecular weight is 349 g/mol. The molecule has 1 aliphatic rings. The molecule has 0 saturated carbocycles. The molecule has 4 nitrogen and oxygen atoms in total. The fraction of sp³-hybridized carbons (Fsp3) is 0.353. The van der Waals surface area contributed by atoms with Gasteiger partial charge in [0.1, 0.15) is 4.88 Å². The molecule has 0 N–H and O–H groups in total. The first-order chi connectivity index (χ1) is 11.1. The van der Waals surface area contributed by atoms with Gasteiger partial charge in [0.25, 0.3) is 5.91 Å². The van der Waals surface area contributed by atoms with Crippen molar-refractivity contribution >= 4 is 34.6 Å². The number of amides is 1. The Morgan fingerprint density at radius 3 is 2.91 bits per heavy atom. The molecule has 1 amide bonds. The lowest BCUT2D eigenvalue weighted by molar-refractivity contribution is 0.0640. The lowest BCUT2D eigenvalue weighted by Gasteiger charge is -2.32. The van der Waals surface area contributed by atoms with E-state index in [0.717, 1.165) is 18.4 Å². The Labute approximate surface area is 144 Å². The molecule has 0 radical (unpaired) electrons. The summed E-state index contributed by atoms with van der Waals surface area (Å²) in [6.45, 7) is 3.06. The summed E-state index contributed by atoms with van der Waals surface area (Å²) < 4.78 is 0. The van der Waals surface area contributed by atoms with Crippen LogP contribution in [-0.2, 0) is 0 Å². The number of carbonyl (C=O) groups excluding carboxylic acids is 2. The third kappa shape index (κ3) is 3.46. The van der Waals surface area contributed by atoms with Gasteiger partial charge < -0.3 is 4.90 Å². The van der Waals surface area contributed by atoms with Crippen LogP contribution in [0, 0.1) is 12.8 Å². The number of Topliss-reactive ketones (excluding diaryl/α,β-unsaturated/α-hetero) is 1. The van der Waals surface area contributed by atoms with E-state index < -0.39 is 0 Å². The number of halogens is 1. The predicted molar refractivity (Wildman–Crippen MR) is 91.3 cm³/mol. The van der Waals surface area contributed by atoms with E-state index in [4.69, 9.17) is 11.6 Å². The second-order valence-electron chi connectivity index (χ2n) is 5.78. The molecular weight excluding hydrogens is 332 g/mol. The number of aryl methyl sites for hydroxylation is 1. The first-order valence-electron chi connectivity index (χ1n) is 7.54. The van der Waals surface area contributed by atoms with Crippen LogP contribution in [0.3, 0.4) is 0 Å². The molecular formula is C17H17ClN2O2S. The van der Waals surface area contributed by atoms with Crippen LogP contribution < -0.4 is 0 Å². The fourth-order valence-corrected chi connectivity index (χ4v) is 3.79. The number of hydrogen-bond donors (Lipinski definition) is 0. The van der Waals surface area contributed by atoms with Crippen LogP contribution in [0.2, 0.25) is 5.02 Å². The van der Waals surface area contributed by atoms with Crippen molar-refractivity contribution < 1.29 is 9.59 Å². The van der Waals surface area contributed by atoms with Crippen LogP contribution >= 0.6 is 22.9 Å². The van der Waals surface area contributed by atoms with Gasteiger partial charge in [-0.05, 0) is 43.5 Å². The molecule has 3 rings (SSSR count). The lowest BCUT2D eigenvalue weighted by Crippen LogP contribution is -2.42. The Hall–Kier alpha value is -1.72. The van der Waals surface area contributed by atoms with Gasteiger partial charge in [-0.25, -0.2) is 0 Å². The molecule has 0 aliphatic carbocycles. The van der Waals surface area contributed by atoms with E-state index in [1.807, 2.05) is 6.92 Å². The van der Waals surface area contributed by atoms with Gasteiger partial charge >= 0.3 is 0 Å². The van der Waals surface area contributed by atoms with Crippen molar-refractivity contribution in [3.8, 4) is 0 Å². The highest BCUT2D eigenvalue weighted by atomic mass is 35.5. The van der Waals surface area contributed by atoms with Gasteiger partial charge in [0.2, 0.25) is 0 Å². The van der Waals surface area contributed by atoms with Crippen molar-refractivity contribution in [2.24, 2.45) is 5.92 Å². The van der Waals surface area contributed by atoms with E-state index >= 15 is 0 Å². The molecule has 2 heterocycles. The van der Waals surface area contributed by atoms with E-state index in [0.29, 0.717) is 28.6 Å². The molecule has 1 aliphatic heterocycles. The van der Waals surface area contributed by atoms with E-state index in [9.17, 15) is 9.59 Å². The standard InChI is InChI=1S/C17H17ClN2O2S/c1-11-7-13(18)4-5-14(11)16(21)12-3-2-6-20(9-12)17(22)15-8-19-10-23-15/h4-5,7-8,10,12H,2-3,6,9H2,1H3/t12-/m0/s1. The number of benzene rings is 1. The number of carbonyl (C=O) groups is 2. The van der Waals surface area contributed by atoms with E-state index in [-0.39, 0.29) is 17.6 Å². The summed E-state index contributed by atoms with van der Waals surface area (Å²) in [6, 6.07) is 5.33. The molecule has 1 aromatic carbocycles. The third-order valence-electron chi connectivity index (χ3n) is 4.18. The van der Waals surface area contributed by atoms with Gasteiger partial charge in [-0.1, -0.05) is 11.6 Å². The maximum Gasteiger partial charge on any atom is 0.265 e. The Kier molecular flexibility index (Phi) is 4.78. The quantitative estimate of drug-likeness (QED) is 0.792. The van der Waals surface area contributed by atoms with Crippen LogP contribution in [-0.4, -0.2) is 34.7 Å². The van der Waals surface area contributed by atoms with E-state index in [2.05, 4.69) is 4.98 Å². The second-order valence-corrected chi connectivity index (χ2v) is 7.10. The molecule has 120 valence electrons. The number of likely N-dealkylation sites (tertiary alicyclic amines) is 1. The molecule has 0 unspecified atom stereocenters. The van der Waals surface area contributed by atoms with Crippen molar-refractivity contribution in [2.45, 2.75) is 19.8 Å². The molecule has 2 aromatic rings. The minimum atomic E-state index is -0.152. The topological polar surface area (TPSA) is 50.3 Å². The minimum absolute atomic E-state index is 0.0298. The summed E-state index contributed by atoms with van der Waals surface area (Å²) in [5.74, 6) is -0.0840. The second kappa shape index (κ2) is 6.81. The average Bonchev–Trinajstić information content (AvgIpc) is 3.08. The molecule has 0 bridgehead atoms. The molecule has 1 aromatic heterocycles. The zero-order valence-electron chi connectivity index (χ0n) is 12.8. The molecule has 1 atom stereocenters. The van der Waals surface area contributed by atoms with Gasteiger partial charge in [0, 0.05) is 29.6 Å². The summed E-state index contributed by atoms with van der Waals surface area (Å²) in [6.07, 6.45) is 3.24. The van der Waals surface area contributed by atoms with Gasteiger partial charge in [0.05, 0.1) is 11.7 Å². The normalized spacial score (nSPS) is 18.0. The van der Waals surface area contributed by atoms with Crippen LogP contribution in [0.5, 0.6) is 0 Å². The number of hydrogen-bond acceptors (Lipinski definition) is 4. The number of thiazole rings is 1. The van der Waals surface area contributed by atoms with Crippen LogP contribution in [0.1, 0.15) is 38.4 Å². The van der Waals surface area contributed by atoms with Crippen molar-refractivity contribution in [1.29, 1.82) is 0 Å². The SMILES string of the molecule is Cc1cc(Cl)ccc1C(=O)[C@H]1CCCN(C(=O)c2cncs2)C1.